The highest BCUT2D eigenvalue weighted by atomic mass is 16.6. The predicted molar refractivity (Wildman–Crippen MR) is 92.0 cm³/mol. The molecule has 7 heteroatoms. The van der Waals surface area contributed by atoms with Crippen molar-refractivity contribution in [3.05, 3.63) is 35.9 Å². The first kappa shape index (κ1) is 19.1. The lowest BCUT2D eigenvalue weighted by molar-refractivity contribution is 0.0178. The topological polar surface area (TPSA) is 88.1 Å². The van der Waals surface area contributed by atoms with Crippen LogP contribution in [0, 0.1) is 0 Å². The van der Waals surface area contributed by atoms with Gasteiger partial charge in [0.15, 0.2) is 0 Å². The Morgan fingerprint density at radius 1 is 1.28 bits per heavy atom. The number of aliphatic hydroxyl groups excluding tert-OH is 1. The number of hydrogen-bond acceptors (Lipinski definition) is 5. The highest BCUT2D eigenvalue weighted by molar-refractivity contribution is 5.70. The molecular weight excluding hydrogens is 324 g/mol. The third kappa shape index (κ3) is 6.26. The molecule has 1 heterocycles. The zero-order valence-corrected chi connectivity index (χ0v) is 14.9. The maximum absolute atomic E-state index is 12.2. The van der Waals surface area contributed by atoms with E-state index in [0.29, 0.717) is 13.0 Å². The molecule has 2 rings (SSSR count). The first-order valence-corrected chi connectivity index (χ1v) is 8.38. The van der Waals surface area contributed by atoms with Gasteiger partial charge in [0.1, 0.15) is 12.2 Å². The number of carbonyl (C=O) groups is 2. The summed E-state index contributed by atoms with van der Waals surface area (Å²) in [6, 6.07) is 8.81. The van der Waals surface area contributed by atoms with Crippen molar-refractivity contribution in [2.45, 2.75) is 51.5 Å². The molecule has 7 nitrogen and oxygen atoms in total. The van der Waals surface area contributed by atoms with Gasteiger partial charge in [-0.2, -0.15) is 0 Å². The van der Waals surface area contributed by atoms with E-state index in [1.54, 1.807) is 20.8 Å². The van der Waals surface area contributed by atoms with Gasteiger partial charge < -0.3 is 24.8 Å². The summed E-state index contributed by atoms with van der Waals surface area (Å²) < 4.78 is 10.5. The van der Waals surface area contributed by atoms with Crippen molar-refractivity contribution in [1.82, 2.24) is 10.2 Å². The minimum atomic E-state index is -0.731. The molecule has 2 N–H and O–H groups in total. The number of nitrogens with zero attached hydrogens (tertiary/aromatic N) is 1. The van der Waals surface area contributed by atoms with Crippen molar-refractivity contribution in [2.75, 3.05) is 13.1 Å². The van der Waals surface area contributed by atoms with Crippen LogP contribution in [0.15, 0.2) is 30.3 Å². The van der Waals surface area contributed by atoms with Gasteiger partial charge in [-0.15, -0.1) is 0 Å². The summed E-state index contributed by atoms with van der Waals surface area (Å²) in [5.41, 5.74) is 0.272. The van der Waals surface area contributed by atoms with E-state index < -0.39 is 29.9 Å². The van der Waals surface area contributed by atoms with E-state index in [1.807, 2.05) is 30.3 Å². The van der Waals surface area contributed by atoms with E-state index in [4.69, 9.17) is 9.47 Å². The van der Waals surface area contributed by atoms with Crippen LogP contribution < -0.4 is 5.32 Å². The molecule has 1 aliphatic rings. The first-order valence-electron chi connectivity index (χ1n) is 8.38. The minimum Gasteiger partial charge on any atom is -0.445 e. The zero-order valence-electron chi connectivity index (χ0n) is 14.9. The molecule has 0 radical (unpaired) electrons. The summed E-state index contributed by atoms with van der Waals surface area (Å²) >= 11 is 0. The van der Waals surface area contributed by atoms with Gasteiger partial charge in [-0.25, -0.2) is 9.59 Å². The van der Waals surface area contributed by atoms with Gasteiger partial charge in [0.2, 0.25) is 0 Å². The van der Waals surface area contributed by atoms with Crippen molar-refractivity contribution in [1.29, 1.82) is 0 Å². The van der Waals surface area contributed by atoms with Crippen LogP contribution in [0.4, 0.5) is 9.59 Å². The summed E-state index contributed by atoms with van der Waals surface area (Å²) in [6.07, 6.45) is -1.45. The number of benzene rings is 1. The van der Waals surface area contributed by atoms with Crippen LogP contribution in [0.2, 0.25) is 0 Å². The Labute approximate surface area is 147 Å². The number of alkyl carbamates (subject to hydrolysis) is 1. The van der Waals surface area contributed by atoms with Crippen molar-refractivity contribution in [2.24, 2.45) is 0 Å². The minimum absolute atomic E-state index is 0.175. The van der Waals surface area contributed by atoms with Gasteiger partial charge in [0.25, 0.3) is 0 Å². The fourth-order valence-corrected chi connectivity index (χ4v) is 2.52. The largest absolute Gasteiger partial charge is 0.445 e. The van der Waals surface area contributed by atoms with E-state index >= 15 is 0 Å². The van der Waals surface area contributed by atoms with Crippen molar-refractivity contribution in [3.63, 3.8) is 0 Å². The predicted octanol–water partition coefficient (Wildman–Crippen LogP) is 2.28. The molecule has 2 amide bonds. The Hall–Kier alpha value is -2.28. The third-order valence-corrected chi connectivity index (χ3v) is 3.74. The second-order valence-electron chi connectivity index (χ2n) is 7.09. The Balaban J connectivity index is 1.86. The second-order valence-corrected chi connectivity index (χ2v) is 7.09. The quantitative estimate of drug-likeness (QED) is 0.873. The van der Waals surface area contributed by atoms with Crippen LogP contribution in [0.1, 0.15) is 32.8 Å². The van der Waals surface area contributed by atoms with Crippen LogP contribution in [0.5, 0.6) is 0 Å². The Bertz CT molecular complexity index is 585. The van der Waals surface area contributed by atoms with Gasteiger partial charge in [-0.3, -0.25) is 0 Å². The average molecular weight is 350 g/mol. The molecule has 1 saturated heterocycles. The van der Waals surface area contributed by atoms with Crippen LogP contribution in [-0.4, -0.2) is 53.0 Å². The molecule has 1 aliphatic heterocycles. The smallest absolute Gasteiger partial charge is 0.410 e. The highest BCUT2D eigenvalue weighted by Crippen LogP contribution is 2.14. The fourth-order valence-electron chi connectivity index (χ4n) is 2.52. The molecule has 2 atom stereocenters. The van der Waals surface area contributed by atoms with Gasteiger partial charge in [0.05, 0.1) is 12.1 Å². The molecule has 0 saturated carbocycles. The van der Waals surface area contributed by atoms with E-state index in [9.17, 15) is 14.7 Å². The summed E-state index contributed by atoms with van der Waals surface area (Å²) in [4.78, 5) is 25.6. The Kier molecular flexibility index (Phi) is 6.25. The van der Waals surface area contributed by atoms with E-state index in [1.165, 1.54) is 4.90 Å². The molecule has 0 aromatic heterocycles. The third-order valence-electron chi connectivity index (χ3n) is 3.74. The number of aliphatic hydroxyl groups is 1. The Morgan fingerprint density at radius 2 is 1.96 bits per heavy atom. The summed E-state index contributed by atoms with van der Waals surface area (Å²) in [5, 5.41) is 12.7. The molecule has 0 spiro atoms. The summed E-state index contributed by atoms with van der Waals surface area (Å²) in [6.45, 7) is 6.02. The van der Waals surface area contributed by atoms with E-state index in [-0.39, 0.29) is 13.2 Å². The summed E-state index contributed by atoms with van der Waals surface area (Å²) in [7, 11) is 0. The lowest BCUT2D eigenvalue weighted by Crippen LogP contribution is -2.57. The average Bonchev–Trinajstić information content (AvgIpc) is 2.54. The first-order chi connectivity index (χ1) is 11.7. The lowest BCUT2D eigenvalue weighted by Gasteiger charge is -2.36. The van der Waals surface area contributed by atoms with Gasteiger partial charge in [0, 0.05) is 13.1 Å². The van der Waals surface area contributed by atoms with Gasteiger partial charge >= 0.3 is 12.2 Å². The number of amides is 2. The zero-order chi connectivity index (χ0) is 18.4. The number of hydrogen-bond donors (Lipinski definition) is 2. The van der Waals surface area contributed by atoms with Gasteiger partial charge in [-0.05, 0) is 32.8 Å². The van der Waals surface area contributed by atoms with Crippen LogP contribution >= 0.6 is 0 Å². The van der Waals surface area contributed by atoms with Gasteiger partial charge in [-0.1, -0.05) is 30.3 Å². The molecule has 1 aromatic rings. The number of nitrogens with one attached hydrogen (secondary N) is 1. The number of carbonyl (C=O) groups excluding carboxylic acids is 2. The second kappa shape index (κ2) is 8.20. The fraction of sp³-hybridized carbons (Fsp3) is 0.556. The van der Waals surface area contributed by atoms with Crippen LogP contribution in [-0.2, 0) is 16.1 Å². The normalized spacial score (nSPS) is 20.7. The Morgan fingerprint density at radius 3 is 2.60 bits per heavy atom. The maximum Gasteiger partial charge on any atom is 0.410 e. The molecule has 1 unspecified atom stereocenters. The van der Waals surface area contributed by atoms with Crippen molar-refractivity contribution in [3.8, 4) is 0 Å². The molecular formula is C18H26N2O5. The molecule has 0 bridgehead atoms. The molecule has 138 valence electrons. The van der Waals surface area contributed by atoms with E-state index in [0.717, 1.165) is 5.56 Å². The molecule has 25 heavy (non-hydrogen) atoms. The number of piperidine rings is 1. The number of likely N-dealkylation sites (tertiary alicyclic amines) is 1. The number of ether oxygens (including phenoxy) is 2. The SMILES string of the molecule is CC(C)(C)OC(=O)NC1CN(C(=O)OCc2ccccc2)CC[C@@H]1O. The van der Waals surface area contributed by atoms with Crippen molar-refractivity contribution < 1.29 is 24.2 Å². The maximum atomic E-state index is 12.2. The monoisotopic (exact) mass is 350 g/mol. The lowest BCUT2D eigenvalue weighted by atomic mass is 10.0. The van der Waals surface area contributed by atoms with Crippen LogP contribution in [0.3, 0.4) is 0 Å². The molecule has 1 fully saturated rings. The van der Waals surface area contributed by atoms with Crippen molar-refractivity contribution >= 4 is 12.2 Å². The standard InChI is InChI=1S/C18H26N2O5/c1-18(2,3)25-16(22)19-14-11-20(10-9-15(14)21)17(23)24-12-13-7-5-4-6-8-13/h4-8,14-15,21H,9-12H2,1-3H3,(H,19,22)/t14?,15-/m0/s1. The summed E-state index contributed by atoms with van der Waals surface area (Å²) in [5.74, 6) is 0. The van der Waals surface area contributed by atoms with E-state index in [2.05, 4.69) is 5.32 Å². The molecule has 0 aliphatic carbocycles. The highest BCUT2D eigenvalue weighted by Gasteiger charge is 2.33. The number of rotatable bonds is 3. The van der Waals surface area contributed by atoms with Crippen LogP contribution in [0.25, 0.3) is 0 Å². The molecule has 1 aromatic carbocycles.